The Kier molecular flexibility index (Phi) is 5.21. The Balaban J connectivity index is 1.54. The SMILES string of the molecule is C[C@@H]1C[C@@H](C)CN(C(=O)CSc2nc3c(cnn3-c3ccccc3)c(=O)[nH]2)C1. The molecule has 4 rings (SSSR count). The fourth-order valence-electron chi connectivity index (χ4n) is 3.81. The van der Waals surface area contributed by atoms with Crippen molar-refractivity contribution in [1.82, 2.24) is 24.6 Å². The normalized spacial score (nSPS) is 19.9. The standard InChI is InChI=1S/C20H23N5O2S/c1-13-8-14(2)11-24(10-13)17(26)12-28-20-22-18-16(19(27)23-20)9-21-25(18)15-6-4-3-5-7-15/h3-7,9,13-14H,8,10-12H2,1-2H3,(H,22,23,27)/t13-,14-/m1/s1. The molecule has 1 amide bonds. The number of likely N-dealkylation sites (tertiary alicyclic amines) is 1. The minimum Gasteiger partial charge on any atom is -0.341 e. The van der Waals surface area contributed by atoms with Gasteiger partial charge in [0.1, 0.15) is 5.39 Å². The van der Waals surface area contributed by atoms with Crippen LogP contribution in [0.15, 0.2) is 46.5 Å². The van der Waals surface area contributed by atoms with E-state index in [1.807, 2.05) is 35.2 Å². The van der Waals surface area contributed by atoms with Gasteiger partial charge in [0.05, 0.1) is 17.6 Å². The summed E-state index contributed by atoms with van der Waals surface area (Å²) in [5.74, 6) is 1.38. The summed E-state index contributed by atoms with van der Waals surface area (Å²) in [6, 6.07) is 9.55. The first kappa shape index (κ1) is 18.7. The van der Waals surface area contributed by atoms with Gasteiger partial charge in [0.25, 0.3) is 5.56 Å². The molecule has 7 nitrogen and oxygen atoms in total. The van der Waals surface area contributed by atoms with E-state index in [0.717, 1.165) is 25.2 Å². The number of benzene rings is 1. The van der Waals surface area contributed by atoms with Crippen LogP contribution >= 0.6 is 11.8 Å². The molecule has 0 radical (unpaired) electrons. The molecule has 3 heterocycles. The van der Waals surface area contributed by atoms with E-state index >= 15 is 0 Å². The minimum atomic E-state index is -0.248. The average molecular weight is 398 g/mol. The third kappa shape index (κ3) is 3.82. The van der Waals surface area contributed by atoms with Gasteiger partial charge in [-0.2, -0.15) is 5.10 Å². The van der Waals surface area contributed by atoms with Crippen LogP contribution in [0.3, 0.4) is 0 Å². The van der Waals surface area contributed by atoms with Crippen molar-refractivity contribution < 1.29 is 4.79 Å². The molecule has 0 bridgehead atoms. The molecular weight excluding hydrogens is 374 g/mol. The fourth-order valence-corrected chi connectivity index (χ4v) is 4.57. The molecule has 2 atom stereocenters. The third-order valence-corrected chi connectivity index (χ3v) is 5.83. The van der Waals surface area contributed by atoms with Gasteiger partial charge in [0.2, 0.25) is 5.91 Å². The number of thioether (sulfide) groups is 1. The average Bonchev–Trinajstić information content (AvgIpc) is 3.10. The first-order chi connectivity index (χ1) is 13.5. The van der Waals surface area contributed by atoms with Crippen LogP contribution < -0.4 is 5.56 Å². The molecule has 1 N–H and O–H groups in total. The van der Waals surface area contributed by atoms with Crippen molar-refractivity contribution in [2.45, 2.75) is 25.4 Å². The smallest absolute Gasteiger partial charge is 0.262 e. The van der Waals surface area contributed by atoms with E-state index in [1.165, 1.54) is 18.0 Å². The van der Waals surface area contributed by atoms with Gasteiger partial charge in [-0.25, -0.2) is 9.67 Å². The number of aromatic amines is 1. The molecule has 1 aliphatic rings. The predicted octanol–water partition coefficient (Wildman–Crippen LogP) is 2.71. The van der Waals surface area contributed by atoms with Crippen LogP contribution in [0.4, 0.5) is 0 Å². The molecule has 0 aliphatic carbocycles. The maximum absolute atomic E-state index is 12.6. The lowest BCUT2D eigenvalue weighted by Gasteiger charge is -2.34. The number of fused-ring (bicyclic) bond motifs is 1. The molecule has 0 saturated carbocycles. The van der Waals surface area contributed by atoms with E-state index in [9.17, 15) is 9.59 Å². The van der Waals surface area contributed by atoms with Crippen LogP contribution in [0.5, 0.6) is 0 Å². The summed E-state index contributed by atoms with van der Waals surface area (Å²) >= 11 is 1.26. The maximum atomic E-state index is 12.6. The molecule has 146 valence electrons. The van der Waals surface area contributed by atoms with Crippen molar-refractivity contribution in [2.75, 3.05) is 18.8 Å². The van der Waals surface area contributed by atoms with E-state index in [2.05, 4.69) is 28.9 Å². The van der Waals surface area contributed by atoms with Crippen LogP contribution in [-0.4, -0.2) is 49.4 Å². The Morgan fingerprint density at radius 3 is 2.64 bits per heavy atom. The highest BCUT2D eigenvalue weighted by molar-refractivity contribution is 7.99. The van der Waals surface area contributed by atoms with Crippen LogP contribution in [0.1, 0.15) is 20.3 Å². The summed E-state index contributed by atoms with van der Waals surface area (Å²) < 4.78 is 1.64. The van der Waals surface area contributed by atoms with Gasteiger partial charge in [0.15, 0.2) is 10.8 Å². The number of aromatic nitrogens is 4. The zero-order chi connectivity index (χ0) is 19.7. The molecule has 1 aromatic carbocycles. The number of nitrogens with zero attached hydrogens (tertiary/aromatic N) is 4. The Hall–Kier alpha value is -2.61. The summed E-state index contributed by atoms with van der Waals surface area (Å²) in [6.07, 6.45) is 2.68. The molecule has 1 aliphatic heterocycles. The van der Waals surface area contributed by atoms with Crippen molar-refractivity contribution in [3.63, 3.8) is 0 Å². The van der Waals surface area contributed by atoms with E-state index in [-0.39, 0.29) is 17.2 Å². The number of hydrogen-bond acceptors (Lipinski definition) is 5. The zero-order valence-corrected chi connectivity index (χ0v) is 16.8. The Bertz CT molecular complexity index is 1040. The fraction of sp³-hybridized carbons (Fsp3) is 0.400. The minimum absolute atomic E-state index is 0.0858. The summed E-state index contributed by atoms with van der Waals surface area (Å²) in [5.41, 5.74) is 1.08. The molecular formula is C20H23N5O2S. The van der Waals surface area contributed by atoms with Gasteiger partial charge >= 0.3 is 0 Å². The second-order valence-corrected chi connectivity index (χ2v) is 8.50. The number of amides is 1. The van der Waals surface area contributed by atoms with Gasteiger partial charge in [-0.3, -0.25) is 9.59 Å². The lowest BCUT2D eigenvalue weighted by atomic mass is 9.92. The Morgan fingerprint density at radius 2 is 1.93 bits per heavy atom. The van der Waals surface area contributed by atoms with E-state index in [0.29, 0.717) is 28.0 Å². The van der Waals surface area contributed by atoms with Crippen LogP contribution in [-0.2, 0) is 4.79 Å². The monoisotopic (exact) mass is 397 g/mol. The molecule has 8 heteroatoms. The van der Waals surface area contributed by atoms with Gasteiger partial charge in [-0.05, 0) is 30.4 Å². The topological polar surface area (TPSA) is 83.9 Å². The lowest BCUT2D eigenvalue weighted by Crippen LogP contribution is -2.43. The molecule has 3 aromatic rings. The molecule has 2 aromatic heterocycles. The summed E-state index contributed by atoms with van der Waals surface area (Å²) in [5, 5.41) is 5.16. The molecule has 0 unspecified atom stereocenters. The van der Waals surface area contributed by atoms with Crippen molar-refractivity contribution in [3.05, 3.63) is 46.9 Å². The first-order valence-corrected chi connectivity index (χ1v) is 10.4. The number of carbonyl (C=O) groups is 1. The van der Waals surface area contributed by atoms with Crippen molar-refractivity contribution in [1.29, 1.82) is 0 Å². The third-order valence-electron chi connectivity index (χ3n) is 4.97. The van der Waals surface area contributed by atoms with Crippen LogP contribution in [0.25, 0.3) is 16.7 Å². The number of nitrogens with one attached hydrogen (secondary N) is 1. The number of rotatable bonds is 4. The largest absolute Gasteiger partial charge is 0.341 e. The van der Waals surface area contributed by atoms with Crippen molar-refractivity contribution in [3.8, 4) is 5.69 Å². The highest BCUT2D eigenvalue weighted by atomic mass is 32.2. The number of para-hydroxylation sites is 1. The summed E-state index contributed by atoms with van der Waals surface area (Å²) in [7, 11) is 0. The quantitative estimate of drug-likeness (QED) is 0.541. The molecule has 28 heavy (non-hydrogen) atoms. The van der Waals surface area contributed by atoms with Gasteiger partial charge in [-0.15, -0.1) is 0 Å². The van der Waals surface area contributed by atoms with E-state index in [4.69, 9.17) is 0 Å². The summed E-state index contributed by atoms with van der Waals surface area (Å²) in [4.78, 5) is 34.3. The highest BCUT2D eigenvalue weighted by Gasteiger charge is 2.25. The zero-order valence-electron chi connectivity index (χ0n) is 16.0. The van der Waals surface area contributed by atoms with Gasteiger partial charge < -0.3 is 9.88 Å². The molecule has 1 fully saturated rings. The number of hydrogen-bond donors (Lipinski definition) is 1. The van der Waals surface area contributed by atoms with E-state index < -0.39 is 0 Å². The van der Waals surface area contributed by atoms with Crippen LogP contribution in [0, 0.1) is 11.8 Å². The Morgan fingerprint density at radius 1 is 1.21 bits per heavy atom. The maximum Gasteiger partial charge on any atom is 0.262 e. The first-order valence-electron chi connectivity index (χ1n) is 9.45. The number of H-pyrrole nitrogens is 1. The highest BCUT2D eigenvalue weighted by Crippen LogP contribution is 2.23. The van der Waals surface area contributed by atoms with E-state index in [1.54, 1.807) is 4.68 Å². The van der Waals surface area contributed by atoms with Gasteiger partial charge in [0, 0.05) is 13.1 Å². The second-order valence-electron chi connectivity index (χ2n) is 7.53. The Labute approximate surface area is 167 Å². The summed E-state index contributed by atoms with van der Waals surface area (Å²) in [6.45, 7) is 5.96. The van der Waals surface area contributed by atoms with Crippen molar-refractivity contribution in [2.24, 2.45) is 11.8 Å². The predicted molar refractivity (Wildman–Crippen MR) is 110 cm³/mol. The number of carbonyl (C=O) groups excluding carboxylic acids is 1. The molecule has 1 saturated heterocycles. The van der Waals surface area contributed by atoms with Crippen molar-refractivity contribution >= 4 is 28.7 Å². The second kappa shape index (κ2) is 7.79. The number of piperidine rings is 1. The lowest BCUT2D eigenvalue weighted by molar-refractivity contribution is -0.130. The van der Waals surface area contributed by atoms with Crippen LogP contribution in [0.2, 0.25) is 0 Å². The molecule has 0 spiro atoms. The van der Waals surface area contributed by atoms with Gasteiger partial charge in [-0.1, -0.05) is 43.8 Å².